The van der Waals surface area contributed by atoms with Gasteiger partial charge in [-0.3, -0.25) is 0 Å². The summed E-state index contributed by atoms with van der Waals surface area (Å²) in [5.74, 6) is 0.968. The van der Waals surface area contributed by atoms with Gasteiger partial charge in [-0.15, -0.1) is 0 Å². The highest BCUT2D eigenvalue weighted by atomic mass is 79.9. The molecule has 0 unspecified atom stereocenters. The summed E-state index contributed by atoms with van der Waals surface area (Å²) in [6, 6.07) is 10.1. The Bertz CT molecular complexity index is 657. The lowest BCUT2D eigenvalue weighted by atomic mass is 10.2. The van der Waals surface area contributed by atoms with Crippen molar-refractivity contribution in [3.63, 3.8) is 0 Å². The van der Waals surface area contributed by atoms with E-state index in [2.05, 4.69) is 39.3 Å². The highest BCUT2D eigenvalue weighted by molar-refractivity contribution is 9.10. The number of unbranched alkanes of at least 4 members (excludes halogenated alkanes) is 1. The topological polar surface area (TPSA) is 79.7 Å². The Kier molecular flexibility index (Phi) is 5.23. The number of nitrogen functional groups attached to an aromatic ring is 1. The van der Waals surface area contributed by atoms with E-state index in [1.165, 1.54) is 0 Å². The zero-order valence-corrected chi connectivity index (χ0v) is 13.5. The second kappa shape index (κ2) is 7.14. The third-order valence-corrected chi connectivity index (χ3v) is 3.64. The van der Waals surface area contributed by atoms with Crippen LogP contribution < -0.4 is 11.1 Å². The van der Waals surface area contributed by atoms with E-state index < -0.39 is 0 Å². The van der Waals surface area contributed by atoms with E-state index in [9.17, 15) is 5.26 Å². The summed E-state index contributed by atoms with van der Waals surface area (Å²) in [6.07, 6.45) is 2.12. The van der Waals surface area contributed by atoms with Gasteiger partial charge in [-0.05, 0) is 24.1 Å². The van der Waals surface area contributed by atoms with Crippen LogP contribution in [0.25, 0.3) is 0 Å². The average molecular weight is 348 g/mol. The maximum atomic E-state index is 9.25. The minimum Gasteiger partial charge on any atom is -0.383 e. The van der Waals surface area contributed by atoms with Gasteiger partial charge in [0.2, 0.25) is 0 Å². The maximum absolute atomic E-state index is 9.25. The van der Waals surface area contributed by atoms with Crippen molar-refractivity contribution in [2.45, 2.75) is 26.3 Å². The van der Waals surface area contributed by atoms with Crippen molar-refractivity contribution in [1.29, 1.82) is 5.26 Å². The zero-order valence-electron chi connectivity index (χ0n) is 11.9. The SMILES string of the molecule is CCCCNc1nn(Cc2cccc(Br)c2)c(N)c1C#N. The van der Waals surface area contributed by atoms with E-state index in [1.54, 1.807) is 4.68 Å². The van der Waals surface area contributed by atoms with Crippen LogP contribution in [0.15, 0.2) is 28.7 Å². The number of hydrogen-bond donors (Lipinski definition) is 2. The normalized spacial score (nSPS) is 10.3. The van der Waals surface area contributed by atoms with Gasteiger partial charge in [-0.25, -0.2) is 4.68 Å². The van der Waals surface area contributed by atoms with Gasteiger partial charge in [-0.2, -0.15) is 10.4 Å². The molecule has 5 nitrogen and oxygen atoms in total. The van der Waals surface area contributed by atoms with Crippen LogP contribution in [0.2, 0.25) is 0 Å². The molecule has 2 rings (SSSR count). The van der Waals surface area contributed by atoms with Crippen molar-refractivity contribution in [1.82, 2.24) is 9.78 Å². The van der Waals surface area contributed by atoms with Crippen LogP contribution >= 0.6 is 15.9 Å². The first kappa shape index (κ1) is 15.4. The van der Waals surface area contributed by atoms with Crippen molar-refractivity contribution in [2.24, 2.45) is 0 Å². The van der Waals surface area contributed by atoms with Crippen molar-refractivity contribution in [3.8, 4) is 6.07 Å². The predicted octanol–water partition coefficient (Wildman–Crippen LogP) is 3.36. The maximum Gasteiger partial charge on any atom is 0.168 e. The largest absolute Gasteiger partial charge is 0.383 e. The first-order valence-corrected chi connectivity index (χ1v) is 7.69. The van der Waals surface area contributed by atoms with Gasteiger partial charge >= 0.3 is 0 Å². The van der Waals surface area contributed by atoms with Crippen LogP contribution in [0.1, 0.15) is 30.9 Å². The summed E-state index contributed by atoms with van der Waals surface area (Å²) >= 11 is 3.44. The average Bonchev–Trinajstić information content (AvgIpc) is 2.75. The summed E-state index contributed by atoms with van der Waals surface area (Å²) in [6.45, 7) is 3.45. The molecule has 2 aromatic rings. The molecule has 0 saturated carbocycles. The molecule has 0 saturated heterocycles. The Morgan fingerprint density at radius 1 is 1.48 bits per heavy atom. The molecule has 110 valence electrons. The van der Waals surface area contributed by atoms with E-state index >= 15 is 0 Å². The summed E-state index contributed by atoms with van der Waals surface area (Å²) in [5, 5.41) is 16.8. The van der Waals surface area contributed by atoms with Crippen molar-refractivity contribution in [2.75, 3.05) is 17.6 Å². The monoisotopic (exact) mass is 347 g/mol. The van der Waals surface area contributed by atoms with Crippen molar-refractivity contribution >= 4 is 27.6 Å². The summed E-state index contributed by atoms with van der Waals surface area (Å²) in [5.41, 5.74) is 7.52. The quantitative estimate of drug-likeness (QED) is 0.785. The molecule has 0 spiro atoms. The minimum atomic E-state index is 0.400. The molecule has 0 aliphatic carbocycles. The molecule has 21 heavy (non-hydrogen) atoms. The number of hydrogen-bond acceptors (Lipinski definition) is 4. The first-order valence-electron chi connectivity index (χ1n) is 6.90. The predicted molar refractivity (Wildman–Crippen MR) is 88.0 cm³/mol. The minimum absolute atomic E-state index is 0.400. The number of nitrogens with zero attached hydrogens (tertiary/aromatic N) is 3. The second-order valence-electron chi connectivity index (χ2n) is 4.79. The Labute approximate surface area is 132 Å². The smallest absolute Gasteiger partial charge is 0.168 e. The number of aromatic nitrogens is 2. The first-order chi connectivity index (χ1) is 10.2. The number of nitrogens with two attached hydrogens (primary N) is 1. The fraction of sp³-hybridized carbons (Fsp3) is 0.333. The molecule has 0 aliphatic rings. The highest BCUT2D eigenvalue weighted by Gasteiger charge is 2.15. The van der Waals surface area contributed by atoms with E-state index in [1.807, 2.05) is 24.3 Å². The van der Waals surface area contributed by atoms with Gasteiger partial charge in [0.15, 0.2) is 5.82 Å². The summed E-state index contributed by atoms with van der Waals surface area (Å²) in [7, 11) is 0. The number of nitriles is 1. The van der Waals surface area contributed by atoms with Crippen LogP contribution in [-0.4, -0.2) is 16.3 Å². The fourth-order valence-corrected chi connectivity index (χ4v) is 2.47. The standard InChI is InChI=1S/C15H18BrN5/c1-2-3-7-19-15-13(9-17)14(18)21(20-15)10-11-5-4-6-12(16)8-11/h4-6,8H,2-3,7,10,18H2,1H3,(H,19,20). The van der Waals surface area contributed by atoms with Gasteiger partial charge < -0.3 is 11.1 Å². The Hall–Kier alpha value is -2.00. The molecule has 0 aliphatic heterocycles. The number of benzene rings is 1. The molecule has 0 amide bonds. The summed E-state index contributed by atoms with van der Waals surface area (Å²) < 4.78 is 2.67. The lowest BCUT2D eigenvalue weighted by molar-refractivity contribution is 0.696. The Morgan fingerprint density at radius 3 is 2.95 bits per heavy atom. The second-order valence-corrected chi connectivity index (χ2v) is 5.70. The Balaban J connectivity index is 2.22. The number of halogens is 1. The molecule has 1 heterocycles. The molecule has 0 fully saturated rings. The zero-order chi connectivity index (χ0) is 15.2. The molecule has 3 N–H and O–H groups in total. The van der Waals surface area contributed by atoms with E-state index in [0.29, 0.717) is 23.7 Å². The van der Waals surface area contributed by atoms with Crippen molar-refractivity contribution in [3.05, 3.63) is 39.9 Å². The molecule has 0 radical (unpaired) electrons. The molecule has 6 heteroatoms. The molecule has 1 aromatic heterocycles. The number of rotatable bonds is 6. The molecule has 1 aromatic carbocycles. The van der Waals surface area contributed by atoms with Crippen molar-refractivity contribution < 1.29 is 0 Å². The molecule has 0 bridgehead atoms. The number of anilines is 2. The lowest BCUT2D eigenvalue weighted by Crippen LogP contribution is -2.07. The van der Waals surface area contributed by atoms with Gasteiger partial charge in [0.1, 0.15) is 17.5 Å². The Morgan fingerprint density at radius 2 is 2.29 bits per heavy atom. The van der Waals surface area contributed by atoms with Gasteiger partial charge in [-0.1, -0.05) is 41.4 Å². The van der Waals surface area contributed by atoms with E-state index in [-0.39, 0.29) is 0 Å². The van der Waals surface area contributed by atoms with Crippen LogP contribution in [0.5, 0.6) is 0 Å². The van der Waals surface area contributed by atoms with E-state index in [4.69, 9.17) is 5.73 Å². The molecule has 0 atom stereocenters. The van der Waals surface area contributed by atoms with Gasteiger partial charge in [0, 0.05) is 11.0 Å². The summed E-state index contributed by atoms with van der Waals surface area (Å²) in [4.78, 5) is 0. The lowest BCUT2D eigenvalue weighted by Gasteiger charge is -2.04. The number of nitrogens with one attached hydrogen (secondary N) is 1. The van der Waals surface area contributed by atoms with Crippen LogP contribution in [0, 0.1) is 11.3 Å². The molecular formula is C15H18BrN5. The third kappa shape index (κ3) is 3.76. The van der Waals surface area contributed by atoms with Crippen LogP contribution in [0.3, 0.4) is 0 Å². The van der Waals surface area contributed by atoms with Gasteiger partial charge in [0.05, 0.1) is 6.54 Å². The molecular weight excluding hydrogens is 330 g/mol. The van der Waals surface area contributed by atoms with Gasteiger partial charge in [0.25, 0.3) is 0 Å². The fourth-order valence-electron chi connectivity index (χ4n) is 2.02. The third-order valence-electron chi connectivity index (χ3n) is 3.15. The highest BCUT2D eigenvalue weighted by Crippen LogP contribution is 2.22. The van der Waals surface area contributed by atoms with E-state index in [0.717, 1.165) is 29.4 Å². The van der Waals surface area contributed by atoms with Crippen LogP contribution in [0.4, 0.5) is 11.6 Å². The van der Waals surface area contributed by atoms with Crippen LogP contribution in [-0.2, 0) is 6.54 Å².